The van der Waals surface area contributed by atoms with Gasteiger partial charge in [-0.1, -0.05) is 28.9 Å². The number of rotatable bonds is 4. The zero-order valence-corrected chi connectivity index (χ0v) is 15.2. The van der Waals surface area contributed by atoms with Crippen LogP contribution in [0.5, 0.6) is 0 Å². The van der Waals surface area contributed by atoms with E-state index in [0.717, 1.165) is 37.2 Å². The molecule has 118 valence electrons. The smallest absolute Gasteiger partial charge is 0.0670 e. The van der Waals surface area contributed by atoms with Gasteiger partial charge >= 0.3 is 0 Å². The number of ether oxygens (including phenoxy) is 1. The van der Waals surface area contributed by atoms with Gasteiger partial charge in [-0.05, 0) is 44.9 Å². The second-order valence-electron chi connectivity index (χ2n) is 6.71. The molecule has 0 radical (unpaired) electrons. The summed E-state index contributed by atoms with van der Waals surface area (Å²) >= 11 is 3.62. The Bertz CT molecular complexity index is 470. The van der Waals surface area contributed by atoms with E-state index in [1.54, 1.807) is 0 Å². The number of morpholine rings is 1. The molecule has 1 aromatic carbocycles. The lowest BCUT2D eigenvalue weighted by Gasteiger charge is -2.38. The summed E-state index contributed by atoms with van der Waals surface area (Å²) in [5.74, 6) is 0. The lowest BCUT2D eigenvalue weighted by molar-refractivity contribution is 0.0929. The van der Waals surface area contributed by atoms with Crippen LogP contribution in [0.25, 0.3) is 0 Å². The molecule has 0 aliphatic carbocycles. The van der Waals surface area contributed by atoms with Crippen LogP contribution >= 0.6 is 15.9 Å². The summed E-state index contributed by atoms with van der Waals surface area (Å²) in [5.41, 5.74) is 2.81. The van der Waals surface area contributed by atoms with Crippen LogP contribution in [0, 0.1) is 0 Å². The molecule has 4 heteroatoms. The van der Waals surface area contributed by atoms with Gasteiger partial charge in [0.15, 0.2) is 0 Å². The Hall–Kier alpha value is -0.580. The van der Waals surface area contributed by atoms with Crippen molar-refractivity contribution in [3.8, 4) is 0 Å². The molecule has 0 bridgehead atoms. The maximum Gasteiger partial charge on any atom is 0.0670 e. The molecule has 1 atom stereocenters. The van der Waals surface area contributed by atoms with Crippen molar-refractivity contribution in [2.75, 3.05) is 24.7 Å². The number of anilines is 1. The zero-order valence-electron chi connectivity index (χ0n) is 13.6. The van der Waals surface area contributed by atoms with Crippen LogP contribution in [0.2, 0.25) is 0 Å². The molecule has 21 heavy (non-hydrogen) atoms. The molecule has 1 aliphatic rings. The molecule has 0 spiro atoms. The summed E-state index contributed by atoms with van der Waals surface area (Å²) in [4.78, 5) is 2.51. The molecule has 1 N–H and O–H groups in total. The lowest BCUT2D eigenvalue weighted by atomic mass is 10.0. The lowest BCUT2D eigenvalue weighted by Crippen LogP contribution is -2.46. The van der Waals surface area contributed by atoms with E-state index in [4.69, 9.17) is 4.74 Å². The number of benzene rings is 1. The first-order chi connectivity index (χ1) is 9.90. The van der Waals surface area contributed by atoms with E-state index in [9.17, 15) is 0 Å². The maximum atomic E-state index is 5.64. The standard InChI is InChI=1S/C17H27BrN2O/c1-5-15-12-21-9-8-20(15)16-10-14(18)7-6-13(16)11-19-17(2,3)4/h6-7,10,15,19H,5,8-9,11-12H2,1-4H3. The molecule has 1 unspecified atom stereocenters. The third kappa shape index (κ3) is 4.70. The zero-order chi connectivity index (χ0) is 15.5. The quantitative estimate of drug-likeness (QED) is 0.885. The average molecular weight is 355 g/mol. The van der Waals surface area contributed by atoms with Crippen molar-refractivity contribution in [2.24, 2.45) is 0 Å². The molecule has 1 saturated heterocycles. The van der Waals surface area contributed by atoms with E-state index < -0.39 is 0 Å². The van der Waals surface area contributed by atoms with Crippen molar-refractivity contribution < 1.29 is 4.74 Å². The largest absolute Gasteiger partial charge is 0.377 e. The van der Waals surface area contributed by atoms with E-state index in [1.165, 1.54) is 11.3 Å². The van der Waals surface area contributed by atoms with Crippen LogP contribution in [0.3, 0.4) is 0 Å². The first-order valence-corrected chi connectivity index (χ1v) is 8.58. The van der Waals surface area contributed by atoms with Crippen molar-refractivity contribution in [1.29, 1.82) is 0 Å². The van der Waals surface area contributed by atoms with Gasteiger partial charge in [0.1, 0.15) is 0 Å². The number of hydrogen-bond donors (Lipinski definition) is 1. The number of nitrogens with zero attached hydrogens (tertiary/aromatic N) is 1. The van der Waals surface area contributed by atoms with Crippen LogP contribution in [-0.4, -0.2) is 31.3 Å². The van der Waals surface area contributed by atoms with Crippen molar-refractivity contribution in [2.45, 2.75) is 52.2 Å². The molecule has 0 saturated carbocycles. The van der Waals surface area contributed by atoms with Gasteiger partial charge in [0.05, 0.1) is 19.3 Å². The maximum absolute atomic E-state index is 5.64. The van der Waals surface area contributed by atoms with Gasteiger partial charge < -0.3 is 15.0 Å². The van der Waals surface area contributed by atoms with E-state index in [-0.39, 0.29) is 5.54 Å². The molecule has 1 aliphatic heterocycles. The number of halogens is 1. The first kappa shape index (κ1) is 16.8. The fourth-order valence-electron chi connectivity index (χ4n) is 2.62. The molecular weight excluding hydrogens is 328 g/mol. The van der Waals surface area contributed by atoms with Crippen LogP contribution in [0.15, 0.2) is 22.7 Å². The Morgan fingerprint density at radius 1 is 1.38 bits per heavy atom. The van der Waals surface area contributed by atoms with Gasteiger partial charge in [0, 0.05) is 28.8 Å². The molecule has 1 aromatic rings. The minimum atomic E-state index is 0.125. The highest BCUT2D eigenvalue weighted by Gasteiger charge is 2.24. The van der Waals surface area contributed by atoms with Crippen molar-refractivity contribution >= 4 is 21.6 Å². The summed E-state index contributed by atoms with van der Waals surface area (Å²) in [6.07, 6.45) is 1.11. The van der Waals surface area contributed by atoms with Crippen molar-refractivity contribution in [1.82, 2.24) is 5.32 Å². The van der Waals surface area contributed by atoms with Gasteiger partial charge in [-0.15, -0.1) is 0 Å². The number of nitrogens with one attached hydrogen (secondary N) is 1. The van der Waals surface area contributed by atoms with Crippen LogP contribution in [-0.2, 0) is 11.3 Å². The Morgan fingerprint density at radius 2 is 2.14 bits per heavy atom. The third-order valence-electron chi connectivity index (χ3n) is 3.86. The van der Waals surface area contributed by atoms with Gasteiger partial charge in [0.25, 0.3) is 0 Å². The third-order valence-corrected chi connectivity index (χ3v) is 4.36. The van der Waals surface area contributed by atoms with E-state index >= 15 is 0 Å². The van der Waals surface area contributed by atoms with Crippen molar-refractivity contribution in [3.05, 3.63) is 28.2 Å². The minimum absolute atomic E-state index is 0.125. The topological polar surface area (TPSA) is 24.5 Å². The SMILES string of the molecule is CCC1COCCN1c1cc(Br)ccc1CNC(C)(C)C. The molecule has 1 heterocycles. The summed E-state index contributed by atoms with van der Waals surface area (Å²) in [5, 5.41) is 3.60. The van der Waals surface area contributed by atoms with Gasteiger partial charge in [-0.3, -0.25) is 0 Å². The average Bonchev–Trinajstić information content (AvgIpc) is 2.45. The van der Waals surface area contributed by atoms with Gasteiger partial charge in [-0.25, -0.2) is 0 Å². The Kier molecular flexibility index (Phi) is 5.69. The highest BCUT2D eigenvalue weighted by atomic mass is 79.9. The molecule has 0 amide bonds. The minimum Gasteiger partial charge on any atom is -0.377 e. The highest BCUT2D eigenvalue weighted by molar-refractivity contribution is 9.10. The Labute approximate surface area is 137 Å². The van der Waals surface area contributed by atoms with E-state index in [0.29, 0.717) is 6.04 Å². The fourth-order valence-corrected chi connectivity index (χ4v) is 2.97. The van der Waals surface area contributed by atoms with Crippen LogP contribution in [0.1, 0.15) is 39.7 Å². The molecule has 2 rings (SSSR count). The second kappa shape index (κ2) is 7.12. The van der Waals surface area contributed by atoms with Crippen LogP contribution in [0.4, 0.5) is 5.69 Å². The molecule has 3 nitrogen and oxygen atoms in total. The first-order valence-electron chi connectivity index (χ1n) is 7.78. The van der Waals surface area contributed by atoms with Gasteiger partial charge in [0.2, 0.25) is 0 Å². The normalized spacial score (nSPS) is 19.9. The Balaban J connectivity index is 2.25. The summed E-state index contributed by atoms with van der Waals surface area (Å²) < 4.78 is 6.78. The Morgan fingerprint density at radius 3 is 2.81 bits per heavy atom. The van der Waals surface area contributed by atoms with Crippen molar-refractivity contribution in [3.63, 3.8) is 0 Å². The molecular formula is C17H27BrN2O. The predicted molar refractivity (Wildman–Crippen MR) is 93.0 cm³/mol. The van der Waals surface area contributed by atoms with Crippen LogP contribution < -0.4 is 10.2 Å². The van der Waals surface area contributed by atoms with E-state index in [2.05, 4.69) is 72.0 Å². The summed E-state index contributed by atoms with van der Waals surface area (Å²) in [7, 11) is 0. The molecule has 1 fully saturated rings. The number of hydrogen-bond acceptors (Lipinski definition) is 3. The van der Waals surface area contributed by atoms with Gasteiger partial charge in [-0.2, -0.15) is 0 Å². The predicted octanol–water partition coefficient (Wildman–Crippen LogP) is 3.95. The van der Waals surface area contributed by atoms with E-state index in [1.807, 2.05) is 0 Å². The monoisotopic (exact) mass is 354 g/mol. The summed E-state index contributed by atoms with van der Waals surface area (Å²) in [6, 6.07) is 7.07. The summed E-state index contributed by atoms with van der Waals surface area (Å²) in [6.45, 7) is 12.3. The highest BCUT2D eigenvalue weighted by Crippen LogP contribution is 2.29. The fraction of sp³-hybridized carbons (Fsp3) is 0.647. The second-order valence-corrected chi connectivity index (χ2v) is 7.62. The molecule has 0 aromatic heterocycles.